The van der Waals surface area contributed by atoms with Gasteiger partial charge < -0.3 is 5.32 Å². The molecule has 0 saturated heterocycles. The molecule has 0 aliphatic heterocycles. The van der Waals surface area contributed by atoms with Crippen LogP contribution in [0.3, 0.4) is 0 Å². The highest BCUT2D eigenvalue weighted by molar-refractivity contribution is 5.20. The van der Waals surface area contributed by atoms with Crippen LogP contribution >= 0.6 is 0 Å². The van der Waals surface area contributed by atoms with Crippen LogP contribution < -0.4 is 5.32 Å². The average molecular weight is 280 g/mol. The van der Waals surface area contributed by atoms with E-state index in [1.807, 2.05) is 12.1 Å². The Morgan fingerprint density at radius 1 is 1.15 bits per heavy atom. The summed E-state index contributed by atoms with van der Waals surface area (Å²) in [5, 5.41) is 3.43. The molecule has 0 aliphatic carbocycles. The van der Waals surface area contributed by atoms with Crippen LogP contribution in [-0.2, 0) is 0 Å². The van der Waals surface area contributed by atoms with E-state index in [2.05, 4.69) is 45.0 Å². The molecular formula is C17H29FN2. The zero-order chi connectivity index (χ0) is 15.1. The standard InChI is InChI=1S/C17H29FN2/c1-13(2)19-12-8-9-14(3)20(5)15(4)16-10-6-7-11-17(16)18/h6-7,10-11,13-15,19H,8-9,12H2,1-5H3. The largest absolute Gasteiger partial charge is 0.315 e. The Kier molecular flexibility index (Phi) is 7.17. The van der Waals surface area contributed by atoms with Crippen LogP contribution in [0.25, 0.3) is 0 Å². The van der Waals surface area contributed by atoms with Crippen molar-refractivity contribution >= 4 is 0 Å². The average Bonchev–Trinajstić information content (AvgIpc) is 2.42. The summed E-state index contributed by atoms with van der Waals surface area (Å²) in [6.45, 7) is 9.66. The number of nitrogens with one attached hydrogen (secondary N) is 1. The lowest BCUT2D eigenvalue weighted by atomic mass is 10.0. The van der Waals surface area contributed by atoms with Gasteiger partial charge in [0.1, 0.15) is 5.82 Å². The van der Waals surface area contributed by atoms with E-state index >= 15 is 0 Å². The summed E-state index contributed by atoms with van der Waals surface area (Å²) < 4.78 is 13.8. The first kappa shape index (κ1) is 17.1. The number of rotatable bonds is 8. The molecule has 1 aromatic rings. The van der Waals surface area contributed by atoms with E-state index in [9.17, 15) is 4.39 Å². The van der Waals surface area contributed by atoms with Crippen molar-refractivity contribution in [3.63, 3.8) is 0 Å². The summed E-state index contributed by atoms with van der Waals surface area (Å²) in [7, 11) is 2.08. The molecule has 0 radical (unpaired) electrons. The molecule has 2 nitrogen and oxygen atoms in total. The van der Waals surface area contributed by atoms with Crippen LogP contribution in [0.5, 0.6) is 0 Å². The van der Waals surface area contributed by atoms with Crippen molar-refractivity contribution in [1.29, 1.82) is 0 Å². The highest BCUT2D eigenvalue weighted by atomic mass is 19.1. The molecular weight excluding hydrogens is 251 g/mol. The van der Waals surface area contributed by atoms with Gasteiger partial charge in [-0.3, -0.25) is 4.90 Å². The molecule has 1 rings (SSSR count). The van der Waals surface area contributed by atoms with Crippen molar-refractivity contribution in [3.05, 3.63) is 35.6 Å². The zero-order valence-corrected chi connectivity index (χ0v) is 13.5. The number of hydrogen-bond acceptors (Lipinski definition) is 2. The van der Waals surface area contributed by atoms with E-state index in [0.29, 0.717) is 12.1 Å². The van der Waals surface area contributed by atoms with E-state index in [-0.39, 0.29) is 11.9 Å². The number of hydrogen-bond donors (Lipinski definition) is 1. The first-order valence-corrected chi connectivity index (χ1v) is 7.63. The van der Waals surface area contributed by atoms with Crippen LogP contribution in [0.15, 0.2) is 24.3 Å². The summed E-state index contributed by atoms with van der Waals surface area (Å²) in [6, 6.07) is 8.15. The molecule has 20 heavy (non-hydrogen) atoms. The van der Waals surface area contributed by atoms with Gasteiger partial charge >= 0.3 is 0 Å². The quantitative estimate of drug-likeness (QED) is 0.724. The third-order valence-corrected chi connectivity index (χ3v) is 4.01. The van der Waals surface area contributed by atoms with Gasteiger partial charge in [-0.05, 0) is 46.3 Å². The van der Waals surface area contributed by atoms with Crippen LogP contribution in [0, 0.1) is 5.82 Å². The van der Waals surface area contributed by atoms with Crippen LogP contribution in [-0.4, -0.2) is 30.6 Å². The Balaban J connectivity index is 2.47. The Morgan fingerprint density at radius 2 is 1.80 bits per heavy atom. The third-order valence-electron chi connectivity index (χ3n) is 4.01. The van der Waals surface area contributed by atoms with Gasteiger partial charge in [0.05, 0.1) is 0 Å². The SMILES string of the molecule is CC(C)NCCCC(C)N(C)C(C)c1ccccc1F. The molecule has 1 N–H and O–H groups in total. The van der Waals surface area contributed by atoms with E-state index < -0.39 is 0 Å². The maximum atomic E-state index is 13.8. The van der Waals surface area contributed by atoms with Gasteiger partial charge in [-0.2, -0.15) is 0 Å². The van der Waals surface area contributed by atoms with Crippen molar-refractivity contribution in [2.45, 2.75) is 58.7 Å². The van der Waals surface area contributed by atoms with Crippen molar-refractivity contribution in [1.82, 2.24) is 10.2 Å². The fourth-order valence-electron chi connectivity index (χ4n) is 2.41. The Labute approximate surface area is 123 Å². The van der Waals surface area contributed by atoms with Crippen LogP contribution in [0.4, 0.5) is 4.39 Å². The first-order chi connectivity index (χ1) is 9.43. The van der Waals surface area contributed by atoms with Gasteiger partial charge in [-0.15, -0.1) is 0 Å². The predicted octanol–water partition coefficient (Wildman–Crippen LogP) is 3.99. The fourth-order valence-corrected chi connectivity index (χ4v) is 2.41. The second-order valence-electron chi connectivity index (χ2n) is 5.96. The Bertz CT molecular complexity index is 392. The Morgan fingerprint density at radius 3 is 2.40 bits per heavy atom. The second kappa shape index (κ2) is 8.38. The summed E-state index contributed by atoms with van der Waals surface area (Å²) in [5.74, 6) is -0.111. The summed E-state index contributed by atoms with van der Waals surface area (Å²) in [5.41, 5.74) is 0.780. The van der Waals surface area contributed by atoms with Gasteiger partial charge in [-0.25, -0.2) is 4.39 Å². The molecule has 1 aromatic carbocycles. The highest BCUT2D eigenvalue weighted by Gasteiger charge is 2.19. The first-order valence-electron chi connectivity index (χ1n) is 7.63. The molecule has 114 valence electrons. The van der Waals surface area contributed by atoms with Gasteiger partial charge in [0, 0.05) is 23.7 Å². The molecule has 0 bridgehead atoms. The highest BCUT2D eigenvalue weighted by Crippen LogP contribution is 2.24. The van der Waals surface area contributed by atoms with Crippen LogP contribution in [0.1, 0.15) is 52.1 Å². The molecule has 0 amide bonds. The predicted molar refractivity (Wildman–Crippen MR) is 84.4 cm³/mol. The van der Waals surface area contributed by atoms with Crippen molar-refractivity contribution in [2.24, 2.45) is 0 Å². The topological polar surface area (TPSA) is 15.3 Å². The normalized spacial score (nSPS) is 14.8. The van der Waals surface area contributed by atoms with Crippen LogP contribution in [0.2, 0.25) is 0 Å². The molecule has 0 aromatic heterocycles. The molecule has 0 aliphatic rings. The maximum absolute atomic E-state index is 13.8. The molecule has 0 saturated carbocycles. The third kappa shape index (κ3) is 5.22. The lowest BCUT2D eigenvalue weighted by molar-refractivity contribution is 0.183. The smallest absolute Gasteiger partial charge is 0.127 e. The molecule has 0 spiro atoms. The van der Waals surface area contributed by atoms with E-state index in [1.165, 1.54) is 6.07 Å². The fraction of sp³-hybridized carbons (Fsp3) is 0.647. The van der Waals surface area contributed by atoms with E-state index in [1.54, 1.807) is 6.07 Å². The molecule has 0 heterocycles. The molecule has 2 unspecified atom stereocenters. The second-order valence-corrected chi connectivity index (χ2v) is 5.96. The van der Waals surface area contributed by atoms with Crippen molar-refractivity contribution < 1.29 is 4.39 Å². The summed E-state index contributed by atoms with van der Waals surface area (Å²) in [4.78, 5) is 2.26. The van der Waals surface area contributed by atoms with E-state index in [4.69, 9.17) is 0 Å². The zero-order valence-electron chi connectivity index (χ0n) is 13.5. The number of nitrogens with zero attached hydrogens (tertiary/aromatic N) is 1. The minimum absolute atomic E-state index is 0.101. The number of halogens is 1. The van der Waals surface area contributed by atoms with Gasteiger partial charge in [-0.1, -0.05) is 32.0 Å². The lowest BCUT2D eigenvalue weighted by Gasteiger charge is -2.31. The monoisotopic (exact) mass is 280 g/mol. The lowest BCUT2D eigenvalue weighted by Crippen LogP contribution is -2.33. The summed E-state index contributed by atoms with van der Waals surface area (Å²) in [6.07, 6.45) is 2.27. The molecule has 3 heteroatoms. The van der Waals surface area contributed by atoms with Crippen molar-refractivity contribution in [3.8, 4) is 0 Å². The minimum Gasteiger partial charge on any atom is -0.315 e. The summed E-state index contributed by atoms with van der Waals surface area (Å²) >= 11 is 0. The number of benzene rings is 1. The van der Waals surface area contributed by atoms with Crippen molar-refractivity contribution in [2.75, 3.05) is 13.6 Å². The molecule has 2 atom stereocenters. The van der Waals surface area contributed by atoms with Gasteiger partial charge in [0.25, 0.3) is 0 Å². The van der Waals surface area contributed by atoms with Gasteiger partial charge in [0.2, 0.25) is 0 Å². The maximum Gasteiger partial charge on any atom is 0.127 e. The van der Waals surface area contributed by atoms with E-state index in [0.717, 1.165) is 24.9 Å². The minimum atomic E-state index is -0.111. The van der Waals surface area contributed by atoms with Gasteiger partial charge in [0.15, 0.2) is 0 Å². The Hall–Kier alpha value is -0.930. The molecule has 0 fully saturated rings.